The van der Waals surface area contributed by atoms with Crippen LogP contribution in [0.5, 0.6) is 0 Å². The second kappa shape index (κ2) is 5.88. The maximum atomic E-state index is 11.6. The van der Waals surface area contributed by atoms with E-state index in [4.69, 9.17) is 4.98 Å². The lowest BCUT2D eigenvalue weighted by atomic mass is 10.0. The van der Waals surface area contributed by atoms with Crippen LogP contribution in [-0.4, -0.2) is 23.1 Å². The third-order valence-electron chi connectivity index (χ3n) is 4.43. The van der Waals surface area contributed by atoms with E-state index in [1.165, 1.54) is 19.3 Å². The molecule has 0 radical (unpaired) electrons. The second-order valence-electron chi connectivity index (χ2n) is 6.03. The number of nitrogens with zero attached hydrogens (tertiary/aromatic N) is 2. The molecule has 1 aromatic carbocycles. The minimum atomic E-state index is -0.109. The molecule has 1 aliphatic heterocycles. The fourth-order valence-corrected chi connectivity index (χ4v) is 3.25. The van der Waals surface area contributed by atoms with Gasteiger partial charge in [-0.1, -0.05) is 30.3 Å². The number of nitrogens with one attached hydrogen (secondary N) is 1. The van der Waals surface area contributed by atoms with E-state index < -0.39 is 0 Å². The highest BCUT2D eigenvalue weighted by Crippen LogP contribution is 2.33. The lowest BCUT2D eigenvalue weighted by Gasteiger charge is -2.29. The molecular weight excluding hydrogens is 286 g/mol. The van der Waals surface area contributed by atoms with Crippen molar-refractivity contribution < 1.29 is 0 Å². The van der Waals surface area contributed by atoms with Crippen LogP contribution in [0, 0.1) is 0 Å². The zero-order valence-corrected chi connectivity index (χ0v) is 13.0. The molecule has 0 aliphatic carbocycles. The number of fused-ring (bicyclic) bond motifs is 1. The normalized spacial score (nSPS) is 15.0. The van der Waals surface area contributed by atoms with Gasteiger partial charge in [0, 0.05) is 30.1 Å². The Morgan fingerprint density at radius 2 is 1.74 bits per heavy atom. The number of anilines is 1. The molecule has 1 fully saturated rings. The van der Waals surface area contributed by atoms with E-state index in [-0.39, 0.29) is 5.56 Å². The SMILES string of the molecule is O=c1ccc2cc(-c3ccccc3)c(N3CCCCC3)nc2[nH]1. The van der Waals surface area contributed by atoms with Crippen molar-refractivity contribution in [2.45, 2.75) is 19.3 Å². The van der Waals surface area contributed by atoms with Crippen molar-refractivity contribution in [3.63, 3.8) is 0 Å². The first kappa shape index (κ1) is 14.0. The number of benzene rings is 1. The van der Waals surface area contributed by atoms with Crippen LogP contribution in [0.2, 0.25) is 0 Å². The van der Waals surface area contributed by atoms with Gasteiger partial charge in [-0.25, -0.2) is 4.98 Å². The number of piperidine rings is 1. The molecule has 23 heavy (non-hydrogen) atoms. The number of H-pyrrole nitrogens is 1. The third kappa shape index (κ3) is 2.72. The van der Waals surface area contributed by atoms with Gasteiger partial charge < -0.3 is 9.88 Å². The number of rotatable bonds is 2. The number of aromatic nitrogens is 2. The van der Waals surface area contributed by atoms with Crippen LogP contribution in [0.4, 0.5) is 5.82 Å². The zero-order chi connectivity index (χ0) is 15.6. The molecule has 116 valence electrons. The number of pyridine rings is 2. The van der Waals surface area contributed by atoms with E-state index in [1.54, 1.807) is 6.07 Å². The molecule has 4 nitrogen and oxygen atoms in total. The summed E-state index contributed by atoms with van der Waals surface area (Å²) in [6, 6.07) is 15.9. The number of aromatic amines is 1. The fourth-order valence-electron chi connectivity index (χ4n) is 3.25. The molecule has 3 heterocycles. The molecule has 0 atom stereocenters. The van der Waals surface area contributed by atoms with Gasteiger partial charge in [0.25, 0.3) is 0 Å². The summed E-state index contributed by atoms with van der Waals surface area (Å²) in [7, 11) is 0. The van der Waals surface area contributed by atoms with Gasteiger partial charge in [-0.15, -0.1) is 0 Å². The highest BCUT2D eigenvalue weighted by Gasteiger charge is 2.18. The summed E-state index contributed by atoms with van der Waals surface area (Å²) in [5, 5.41) is 0.962. The number of hydrogen-bond acceptors (Lipinski definition) is 3. The van der Waals surface area contributed by atoms with Gasteiger partial charge in [-0.3, -0.25) is 4.79 Å². The highest BCUT2D eigenvalue weighted by atomic mass is 16.1. The van der Waals surface area contributed by atoms with Crippen LogP contribution in [0.1, 0.15) is 19.3 Å². The van der Waals surface area contributed by atoms with Crippen molar-refractivity contribution in [1.82, 2.24) is 9.97 Å². The minimum Gasteiger partial charge on any atom is -0.356 e. The molecule has 1 aliphatic rings. The molecule has 3 aromatic rings. The monoisotopic (exact) mass is 305 g/mol. The van der Waals surface area contributed by atoms with Crippen molar-refractivity contribution in [2.75, 3.05) is 18.0 Å². The maximum absolute atomic E-state index is 11.6. The van der Waals surface area contributed by atoms with Crippen LogP contribution in [0.25, 0.3) is 22.2 Å². The van der Waals surface area contributed by atoms with E-state index in [0.29, 0.717) is 5.65 Å². The third-order valence-corrected chi connectivity index (χ3v) is 4.43. The van der Waals surface area contributed by atoms with Gasteiger partial charge in [-0.2, -0.15) is 0 Å². The van der Waals surface area contributed by atoms with Crippen molar-refractivity contribution in [1.29, 1.82) is 0 Å². The molecule has 0 bridgehead atoms. The van der Waals surface area contributed by atoms with Gasteiger partial charge in [-0.05, 0) is 37.0 Å². The largest absolute Gasteiger partial charge is 0.356 e. The Kier molecular flexibility index (Phi) is 3.58. The highest BCUT2D eigenvalue weighted by molar-refractivity contribution is 5.87. The molecule has 1 saturated heterocycles. The Bertz CT molecular complexity index is 880. The Hall–Kier alpha value is -2.62. The predicted molar refractivity (Wildman–Crippen MR) is 93.9 cm³/mol. The van der Waals surface area contributed by atoms with Gasteiger partial charge in [0.2, 0.25) is 5.56 Å². The first-order chi connectivity index (χ1) is 11.3. The number of hydrogen-bond donors (Lipinski definition) is 1. The van der Waals surface area contributed by atoms with Gasteiger partial charge in [0.1, 0.15) is 11.5 Å². The van der Waals surface area contributed by atoms with E-state index >= 15 is 0 Å². The molecule has 0 spiro atoms. The van der Waals surface area contributed by atoms with E-state index in [9.17, 15) is 4.79 Å². The predicted octanol–water partition coefficient (Wildman–Crippen LogP) is 3.58. The van der Waals surface area contributed by atoms with Crippen LogP contribution in [-0.2, 0) is 0 Å². The maximum Gasteiger partial charge on any atom is 0.249 e. The molecule has 4 rings (SSSR count). The second-order valence-corrected chi connectivity index (χ2v) is 6.03. The van der Waals surface area contributed by atoms with E-state index in [2.05, 4.69) is 28.1 Å². The summed E-state index contributed by atoms with van der Waals surface area (Å²) in [4.78, 5) is 21.6. The Morgan fingerprint density at radius 1 is 0.957 bits per heavy atom. The van der Waals surface area contributed by atoms with Crippen molar-refractivity contribution >= 4 is 16.9 Å². The van der Waals surface area contributed by atoms with Gasteiger partial charge in [0.05, 0.1) is 0 Å². The summed E-state index contributed by atoms with van der Waals surface area (Å²) in [5.41, 5.74) is 2.85. The molecule has 0 amide bonds. The van der Waals surface area contributed by atoms with E-state index in [0.717, 1.165) is 35.4 Å². The molecule has 0 saturated carbocycles. The fraction of sp³-hybridized carbons (Fsp3) is 0.263. The average molecular weight is 305 g/mol. The molecule has 1 N–H and O–H groups in total. The summed E-state index contributed by atoms with van der Waals surface area (Å²) < 4.78 is 0. The van der Waals surface area contributed by atoms with Crippen molar-refractivity contribution in [3.05, 3.63) is 58.9 Å². The Morgan fingerprint density at radius 3 is 2.52 bits per heavy atom. The topological polar surface area (TPSA) is 49.0 Å². The van der Waals surface area contributed by atoms with E-state index in [1.807, 2.05) is 24.3 Å². The Balaban J connectivity index is 1.94. The van der Waals surface area contributed by atoms with Gasteiger partial charge in [0.15, 0.2) is 0 Å². The smallest absolute Gasteiger partial charge is 0.249 e. The van der Waals surface area contributed by atoms with Crippen molar-refractivity contribution in [3.8, 4) is 11.1 Å². The summed E-state index contributed by atoms with van der Waals surface area (Å²) in [5.74, 6) is 0.977. The lowest BCUT2D eigenvalue weighted by molar-refractivity contribution is 0.574. The first-order valence-electron chi connectivity index (χ1n) is 8.16. The van der Waals surface area contributed by atoms with Crippen LogP contribution < -0.4 is 10.5 Å². The zero-order valence-electron chi connectivity index (χ0n) is 13.0. The molecule has 4 heteroatoms. The van der Waals surface area contributed by atoms with Crippen LogP contribution in [0.3, 0.4) is 0 Å². The van der Waals surface area contributed by atoms with Gasteiger partial charge >= 0.3 is 0 Å². The lowest BCUT2D eigenvalue weighted by Crippen LogP contribution is -2.30. The average Bonchev–Trinajstić information content (AvgIpc) is 2.62. The van der Waals surface area contributed by atoms with Crippen molar-refractivity contribution in [2.24, 2.45) is 0 Å². The first-order valence-corrected chi connectivity index (χ1v) is 8.16. The quantitative estimate of drug-likeness (QED) is 0.787. The summed E-state index contributed by atoms with van der Waals surface area (Å²) >= 11 is 0. The molecule has 2 aromatic heterocycles. The molecular formula is C19H19N3O. The van der Waals surface area contributed by atoms with Crippen LogP contribution >= 0.6 is 0 Å². The summed E-state index contributed by atoms with van der Waals surface area (Å²) in [6.45, 7) is 2.05. The minimum absolute atomic E-state index is 0.109. The summed E-state index contributed by atoms with van der Waals surface area (Å²) in [6.07, 6.45) is 3.67. The molecule has 0 unspecified atom stereocenters. The standard InChI is InChI=1S/C19H19N3O/c23-17-10-9-15-13-16(14-7-3-1-4-8-14)19(21-18(15)20-17)22-11-5-2-6-12-22/h1,3-4,7-10,13H,2,5-6,11-12H2,(H,20,21,23). The Labute approximate surface area is 134 Å². The van der Waals surface area contributed by atoms with Crippen LogP contribution in [0.15, 0.2) is 53.3 Å².